The Hall–Kier alpha value is -10.3. The molecule has 70 heavy (non-hydrogen) atoms. The summed E-state index contributed by atoms with van der Waals surface area (Å²) < 4.78 is 14.5. The molecule has 5 aromatic heterocycles. The summed E-state index contributed by atoms with van der Waals surface area (Å²) in [6, 6.07) is 68.9. The minimum Gasteiger partial charge on any atom is -0.454 e. The standard InChI is InChI=1S/C61H32N8O/c62-31-36-29-37(32-63)54(38(30-36)33-64)39-34-65-61(66-35-39)56-55-46-21-7-14-28-53(46)70-60(55)59(69-51-26-12-5-19-44(51)45-20-6-13-27-52(45)69)58(68-49-24-10-3-17-42(49)43-18-4-11-25-50(43)68)57(56)67-47-22-8-1-15-40(47)41-16-2-9-23-48(41)67/h1-30,34-35H. The summed E-state index contributed by atoms with van der Waals surface area (Å²) in [7, 11) is 0. The topological polar surface area (TPSA) is 125 Å². The fraction of sp³-hybridized carbons (Fsp3) is 0. The first kappa shape index (κ1) is 38.9. The SMILES string of the molecule is N#Cc1cc(C#N)c(-c2cnc(-c3c(-n4c5ccccc5c5ccccc54)c(-n4c5ccccc5c5ccccc54)c(-n4c5ccccc5c5ccccc54)c4oc5ccccc5c34)nc2)c(C#N)c1. The van der Waals surface area contributed by atoms with Gasteiger partial charge in [-0.1, -0.05) is 127 Å². The highest BCUT2D eigenvalue weighted by Gasteiger charge is 2.34. The van der Waals surface area contributed by atoms with E-state index in [4.69, 9.17) is 14.4 Å². The number of nitrogens with zero attached hydrogens (tertiary/aromatic N) is 8. The van der Waals surface area contributed by atoms with Crippen molar-refractivity contribution in [3.8, 4) is 57.8 Å². The van der Waals surface area contributed by atoms with Crippen LogP contribution in [-0.2, 0) is 0 Å². The third kappa shape index (κ3) is 5.33. The second-order valence-corrected chi connectivity index (χ2v) is 17.4. The molecule has 14 aromatic rings. The molecule has 0 N–H and O–H groups in total. The van der Waals surface area contributed by atoms with E-state index >= 15 is 0 Å². The maximum atomic E-state index is 10.3. The Morgan fingerprint density at radius 1 is 0.386 bits per heavy atom. The van der Waals surface area contributed by atoms with Gasteiger partial charge in [0, 0.05) is 66.6 Å². The molecule has 0 unspecified atom stereocenters. The van der Waals surface area contributed by atoms with Gasteiger partial charge in [-0.2, -0.15) is 15.8 Å². The molecule has 0 aliphatic heterocycles. The van der Waals surface area contributed by atoms with Gasteiger partial charge in [0.05, 0.1) is 84.9 Å². The Bertz CT molecular complexity index is 4500. The van der Waals surface area contributed by atoms with Crippen LogP contribution in [0.1, 0.15) is 16.7 Å². The molecule has 14 rings (SSSR count). The maximum absolute atomic E-state index is 10.3. The van der Waals surface area contributed by atoms with Gasteiger partial charge in [-0.25, -0.2) is 9.97 Å². The van der Waals surface area contributed by atoms with Crippen LogP contribution in [0.5, 0.6) is 0 Å². The summed E-state index contributed by atoms with van der Waals surface area (Å²) in [6.45, 7) is 0. The molecule has 0 aliphatic carbocycles. The molecular weight excluding hydrogens is 861 g/mol. The average molecular weight is 893 g/mol. The fourth-order valence-corrected chi connectivity index (χ4v) is 11.0. The van der Waals surface area contributed by atoms with Gasteiger partial charge >= 0.3 is 0 Å². The summed E-state index contributed by atoms with van der Waals surface area (Å²) in [4.78, 5) is 10.5. The first-order chi connectivity index (χ1) is 34.6. The van der Waals surface area contributed by atoms with Gasteiger partial charge in [0.25, 0.3) is 0 Å². The fourth-order valence-electron chi connectivity index (χ4n) is 11.0. The van der Waals surface area contributed by atoms with Crippen molar-refractivity contribution >= 4 is 87.4 Å². The highest BCUT2D eigenvalue weighted by atomic mass is 16.3. The lowest BCUT2D eigenvalue weighted by Gasteiger charge is -2.25. The Morgan fingerprint density at radius 2 is 0.757 bits per heavy atom. The highest BCUT2D eigenvalue weighted by Crippen LogP contribution is 2.52. The lowest BCUT2D eigenvalue weighted by atomic mass is 9.94. The summed E-state index contributed by atoms with van der Waals surface area (Å²) in [5.41, 5.74) is 12.0. The first-order valence-electron chi connectivity index (χ1n) is 22.8. The van der Waals surface area contributed by atoms with Crippen LogP contribution >= 0.6 is 0 Å². The zero-order chi connectivity index (χ0) is 46.6. The van der Waals surface area contributed by atoms with E-state index in [0.29, 0.717) is 28.1 Å². The summed E-state index contributed by atoms with van der Waals surface area (Å²) in [5.74, 6) is 0.401. The molecule has 0 saturated heterocycles. The maximum Gasteiger partial charge on any atom is 0.162 e. The number of para-hydroxylation sites is 7. The molecule has 9 heteroatoms. The van der Waals surface area contributed by atoms with E-state index in [1.165, 1.54) is 12.1 Å². The van der Waals surface area contributed by atoms with Gasteiger partial charge in [-0.15, -0.1) is 0 Å². The van der Waals surface area contributed by atoms with Crippen molar-refractivity contribution in [3.05, 3.63) is 211 Å². The summed E-state index contributed by atoms with van der Waals surface area (Å²) >= 11 is 0. The number of hydrogen-bond donors (Lipinski definition) is 0. The minimum atomic E-state index is 0.185. The van der Waals surface area contributed by atoms with Gasteiger partial charge in [-0.05, 0) is 54.6 Å². The molecular formula is C61H32N8O. The van der Waals surface area contributed by atoms with E-state index in [1.807, 2.05) is 18.2 Å². The molecule has 0 saturated carbocycles. The number of fused-ring (bicyclic) bond motifs is 12. The first-order valence-corrected chi connectivity index (χ1v) is 22.8. The number of nitriles is 3. The van der Waals surface area contributed by atoms with E-state index in [2.05, 4.69) is 184 Å². The predicted molar refractivity (Wildman–Crippen MR) is 277 cm³/mol. The molecule has 0 fully saturated rings. The van der Waals surface area contributed by atoms with Crippen molar-refractivity contribution in [1.82, 2.24) is 23.7 Å². The smallest absolute Gasteiger partial charge is 0.162 e. The average Bonchev–Trinajstić information content (AvgIpc) is 4.17. The van der Waals surface area contributed by atoms with Gasteiger partial charge in [0.15, 0.2) is 11.4 Å². The Labute approximate surface area is 398 Å². The summed E-state index contributed by atoms with van der Waals surface area (Å²) in [5, 5.41) is 38.7. The lowest BCUT2D eigenvalue weighted by Crippen LogP contribution is -2.12. The molecule has 0 amide bonds. The second kappa shape index (κ2) is 14.9. The van der Waals surface area contributed by atoms with Crippen LogP contribution in [0.25, 0.3) is 127 Å². The molecule has 0 bridgehead atoms. The third-order valence-corrected chi connectivity index (χ3v) is 13.8. The van der Waals surface area contributed by atoms with Crippen molar-refractivity contribution in [2.24, 2.45) is 0 Å². The normalized spacial score (nSPS) is 11.7. The predicted octanol–water partition coefficient (Wildman–Crippen LogP) is 14.6. The molecule has 5 heterocycles. The van der Waals surface area contributed by atoms with E-state index in [1.54, 1.807) is 12.4 Å². The Morgan fingerprint density at radius 3 is 1.17 bits per heavy atom. The van der Waals surface area contributed by atoms with Crippen molar-refractivity contribution in [2.45, 2.75) is 0 Å². The molecule has 9 aromatic carbocycles. The zero-order valence-electron chi connectivity index (χ0n) is 37.0. The minimum absolute atomic E-state index is 0.185. The van der Waals surface area contributed by atoms with Crippen molar-refractivity contribution in [1.29, 1.82) is 15.8 Å². The molecule has 0 spiro atoms. The quantitative estimate of drug-likeness (QED) is 0.169. The van der Waals surface area contributed by atoms with Crippen molar-refractivity contribution in [3.63, 3.8) is 0 Å². The monoisotopic (exact) mass is 892 g/mol. The van der Waals surface area contributed by atoms with Crippen molar-refractivity contribution < 1.29 is 4.42 Å². The molecule has 0 aliphatic rings. The van der Waals surface area contributed by atoms with Crippen LogP contribution in [0.2, 0.25) is 0 Å². The number of benzene rings is 9. The lowest BCUT2D eigenvalue weighted by molar-refractivity contribution is 0.666. The van der Waals surface area contributed by atoms with Crippen LogP contribution in [0.15, 0.2) is 199 Å². The van der Waals surface area contributed by atoms with E-state index in [0.717, 1.165) is 98.8 Å². The zero-order valence-corrected chi connectivity index (χ0v) is 37.0. The van der Waals surface area contributed by atoms with Crippen LogP contribution in [0, 0.1) is 34.0 Å². The van der Waals surface area contributed by atoms with Crippen molar-refractivity contribution in [2.75, 3.05) is 0 Å². The molecule has 322 valence electrons. The van der Waals surface area contributed by atoms with E-state index < -0.39 is 0 Å². The Kier molecular flexibility index (Phi) is 8.27. The van der Waals surface area contributed by atoms with Gasteiger partial charge in [0.2, 0.25) is 0 Å². The second-order valence-electron chi connectivity index (χ2n) is 17.4. The van der Waals surface area contributed by atoms with Crippen LogP contribution in [-0.4, -0.2) is 23.7 Å². The van der Waals surface area contributed by atoms with E-state index in [-0.39, 0.29) is 16.7 Å². The van der Waals surface area contributed by atoms with Crippen LogP contribution in [0.4, 0.5) is 0 Å². The molecule has 0 atom stereocenters. The largest absolute Gasteiger partial charge is 0.454 e. The third-order valence-electron chi connectivity index (χ3n) is 13.8. The Balaban J connectivity index is 1.27. The highest BCUT2D eigenvalue weighted by molar-refractivity contribution is 6.23. The van der Waals surface area contributed by atoms with E-state index in [9.17, 15) is 15.8 Å². The van der Waals surface area contributed by atoms with Gasteiger partial charge in [0.1, 0.15) is 11.3 Å². The number of furan rings is 1. The number of hydrogen-bond acceptors (Lipinski definition) is 6. The molecule has 9 nitrogen and oxygen atoms in total. The summed E-state index contributed by atoms with van der Waals surface area (Å²) in [6.07, 6.45) is 3.35. The van der Waals surface area contributed by atoms with Gasteiger partial charge < -0.3 is 18.1 Å². The molecule has 0 radical (unpaired) electrons. The van der Waals surface area contributed by atoms with Crippen LogP contribution < -0.4 is 0 Å². The van der Waals surface area contributed by atoms with Gasteiger partial charge in [-0.3, -0.25) is 0 Å². The number of aromatic nitrogens is 5. The van der Waals surface area contributed by atoms with Crippen LogP contribution in [0.3, 0.4) is 0 Å². The number of rotatable bonds is 5.